The summed E-state index contributed by atoms with van der Waals surface area (Å²) in [6.07, 6.45) is -0.386. The number of para-hydroxylation sites is 1. The van der Waals surface area contributed by atoms with Crippen LogP contribution in [0.2, 0.25) is 0 Å². The average molecular weight is 256 g/mol. The molecule has 0 fully saturated rings. The van der Waals surface area contributed by atoms with Crippen molar-refractivity contribution in [3.63, 3.8) is 0 Å². The topological polar surface area (TPSA) is 46.5 Å². The highest BCUT2D eigenvalue weighted by Crippen LogP contribution is 2.30. The largest absolute Gasteiger partial charge is 0.479 e. The van der Waals surface area contributed by atoms with Crippen molar-refractivity contribution in [2.75, 3.05) is 0 Å². The quantitative estimate of drug-likeness (QED) is 0.889. The van der Waals surface area contributed by atoms with E-state index in [-0.39, 0.29) is 0 Å². The van der Waals surface area contributed by atoms with Gasteiger partial charge in [-0.05, 0) is 18.1 Å². The van der Waals surface area contributed by atoms with Gasteiger partial charge in [0.05, 0.1) is 0 Å². The summed E-state index contributed by atoms with van der Waals surface area (Å²) in [7, 11) is 0. The van der Waals surface area contributed by atoms with Crippen LogP contribution < -0.4 is 4.74 Å². The van der Waals surface area contributed by atoms with Crippen LogP contribution in [0.25, 0.3) is 11.1 Å². The van der Waals surface area contributed by atoms with Gasteiger partial charge in [0.25, 0.3) is 0 Å². The van der Waals surface area contributed by atoms with Crippen LogP contribution in [0.4, 0.5) is 0 Å². The van der Waals surface area contributed by atoms with Crippen molar-refractivity contribution < 1.29 is 14.6 Å². The van der Waals surface area contributed by atoms with Crippen molar-refractivity contribution >= 4 is 5.97 Å². The second-order valence-electron chi connectivity index (χ2n) is 4.22. The van der Waals surface area contributed by atoms with Gasteiger partial charge in [-0.15, -0.1) is 0 Å². The molecule has 0 amide bonds. The SMILES string of the molecule is CCC(Oc1ccccc1-c1ccccc1)C(=O)O. The van der Waals surface area contributed by atoms with E-state index in [0.29, 0.717) is 12.2 Å². The molecule has 3 heteroatoms. The monoisotopic (exact) mass is 256 g/mol. The molecule has 3 nitrogen and oxygen atoms in total. The first-order chi connectivity index (χ1) is 9.22. The highest BCUT2D eigenvalue weighted by molar-refractivity contribution is 5.74. The van der Waals surface area contributed by atoms with E-state index in [1.54, 1.807) is 13.0 Å². The van der Waals surface area contributed by atoms with Crippen molar-refractivity contribution in [1.29, 1.82) is 0 Å². The van der Waals surface area contributed by atoms with Crippen molar-refractivity contribution in [3.05, 3.63) is 54.6 Å². The van der Waals surface area contributed by atoms with Gasteiger partial charge >= 0.3 is 5.97 Å². The van der Waals surface area contributed by atoms with Gasteiger partial charge in [-0.1, -0.05) is 55.5 Å². The molecule has 2 aromatic rings. The van der Waals surface area contributed by atoms with Gasteiger partial charge in [0.1, 0.15) is 5.75 Å². The molecule has 0 saturated heterocycles. The van der Waals surface area contributed by atoms with E-state index in [0.717, 1.165) is 11.1 Å². The van der Waals surface area contributed by atoms with E-state index in [9.17, 15) is 4.79 Å². The first-order valence-corrected chi connectivity index (χ1v) is 6.26. The summed E-state index contributed by atoms with van der Waals surface area (Å²) in [5, 5.41) is 9.07. The zero-order valence-corrected chi connectivity index (χ0v) is 10.7. The lowest BCUT2D eigenvalue weighted by molar-refractivity contribution is -0.145. The summed E-state index contributed by atoms with van der Waals surface area (Å²) in [6.45, 7) is 1.80. The molecule has 0 bridgehead atoms. The predicted octanol–water partition coefficient (Wildman–Crippen LogP) is 3.60. The Balaban J connectivity index is 2.34. The number of hydrogen-bond acceptors (Lipinski definition) is 2. The number of carbonyl (C=O) groups is 1. The van der Waals surface area contributed by atoms with Gasteiger partial charge in [-0.2, -0.15) is 0 Å². The summed E-state index contributed by atoms with van der Waals surface area (Å²) in [5.41, 5.74) is 1.92. The lowest BCUT2D eigenvalue weighted by Crippen LogP contribution is -2.26. The van der Waals surface area contributed by atoms with Gasteiger partial charge in [0.15, 0.2) is 6.10 Å². The summed E-state index contributed by atoms with van der Waals surface area (Å²) in [4.78, 5) is 11.1. The summed E-state index contributed by atoms with van der Waals surface area (Å²) in [6, 6.07) is 17.3. The molecule has 0 saturated carbocycles. The second-order valence-corrected chi connectivity index (χ2v) is 4.22. The average Bonchev–Trinajstić information content (AvgIpc) is 2.45. The number of aliphatic carboxylic acids is 1. The molecule has 0 radical (unpaired) electrons. The fourth-order valence-electron chi connectivity index (χ4n) is 1.89. The van der Waals surface area contributed by atoms with Crippen molar-refractivity contribution in [2.24, 2.45) is 0 Å². The van der Waals surface area contributed by atoms with Gasteiger partial charge in [0, 0.05) is 5.56 Å². The Kier molecular flexibility index (Phi) is 4.18. The molecule has 2 rings (SSSR count). The third kappa shape index (κ3) is 3.13. The van der Waals surface area contributed by atoms with E-state index in [2.05, 4.69) is 0 Å². The number of ether oxygens (including phenoxy) is 1. The maximum atomic E-state index is 11.1. The highest BCUT2D eigenvalue weighted by atomic mass is 16.5. The third-order valence-corrected chi connectivity index (χ3v) is 2.89. The van der Waals surface area contributed by atoms with Crippen molar-refractivity contribution in [2.45, 2.75) is 19.4 Å². The minimum atomic E-state index is -0.939. The normalized spacial score (nSPS) is 11.8. The van der Waals surface area contributed by atoms with Crippen molar-refractivity contribution in [1.82, 2.24) is 0 Å². The Morgan fingerprint density at radius 2 is 1.74 bits per heavy atom. The molecule has 0 spiro atoms. The van der Waals surface area contributed by atoms with Crippen LogP contribution in [-0.2, 0) is 4.79 Å². The minimum absolute atomic E-state index is 0.429. The Bertz CT molecular complexity index is 549. The van der Waals surface area contributed by atoms with Crippen molar-refractivity contribution in [3.8, 4) is 16.9 Å². The van der Waals surface area contributed by atoms with Crippen LogP contribution in [-0.4, -0.2) is 17.2 Å². The minimum Gasteiger partial charge on any atom is -0.479 e. The summed E-state index contributed by atoms with van der Waals surface area (Å²) >= 11 is 0. The van der Waals surface area contributed by atoms with E-state index in [1.807, 2.05) is 48.5 Å². The third-order valence-electron chi connectivity index (χ3n) is 2.89. The molecular formula is C16H16O3. The number of rotatable bonds is 5. The molecule has 1 N–H and O–H groups in total. The summed E-state index contributed by atoms with van der Waals surface area (Å²) in [5.74, 6) is -0.340. The van der Waals surface area contributed by atoms with E-state index < -0.39 is 12.1 Å². The fraction of sp³-hybridized carbons (Fsp3) is 0.188. The van der Waals surface area contributed by atoms with Gasteiger partial charge in [-0.25, -0.2) is 4.79 Å². The molecule has 0 aliphatic rings. The summed E-state index contributed by atoms with van der Waals surface area (Å²) < 4.78 is 5.61. The van der Waals surface area contributed by atoms with Crippen LogP contribution in [0.3, 0.4) is 0 Å². The Hall–Kier alpha value is -2.29. The molecule has 98 valence electrons. The van der Waals surface area contributed by atoms with Gasteiger partial charge in [-0.3, -0.25) is 0 Å². The maximum absolute atomic E-state index is 11.1. The van der Waals surface area contributed by atoms with E-state index >= 15 is 0 Å². The lowest BCUT2D eigenvalue weighted by atomic mass is 10.0. The smallest absolute Gasteiger partial charge is 0.344 e. The molecule has 0 aliphatic carbocycles. The maximum Gasteiger partial charge on any atom is 0.344 e. The lowest BCUT2D eigenvalue weighted by Gasteiger charge is -2.16. The second kappa shape index (κ2) is 6.05. The van der Waals surface area contributed by atoms with Gasteiger partial charge in [0.2, 0.25) is 0 Å². The zero-order chi connectivity index (χ0) is 13.7. The molecule has 2 aromatic carbocycles. The Labute approximate surface area is 112 Å². The first kappa shape index (κ1) is 13.1. The number of carboxylic acids is 1. The standard InChI is InChI=1S/C16H16O3/c1-2-14(16(17)18)19-15-11-7-6-10-13(15)12-8-4-3-5-9-12/h3-11,14H,2H2,1H3,(H,17,18). The van der Waals surface area contributed by atoms with E-state index in [4.69, 9.17) is 9.84 Å². The predicted molar refractivity (Wildman–Crippen MR) is 74.2 cm³/mol. The first-order valence-electron chi connectivity index (χ1n) is 6.26. The fourth-order valence-corrected chi connectivity index (χ4v) is 1.89. The molecular weight excluding hydrogens is 240 g/mol. The zero-order valence-electron chi connectivity index (χ0n) is 10.7. The molecule has 1 atom stereocenters. The van der Waals surface area contributed by atoms with E-state index in [1.165, 1.54) is 0 Å². The Morgan fingerprint density at radius 3 is 2.37 bits per heavy atom. The van der Waals surface area contributed by atoms with Crippen LogP contribution in [0.15, 0.2) is 54.6 Å². The molecule has 19 heavy (non-hydrogen) atoms. The molecule has 0 heterocycles. The number of hydrogen-bond donors (Lipinski definition) is 1. The van der Waals surface area contributed by atoms with Gasteiger partial charge < -0.3 is 9.84 Å². The Morgan fingerprint density at radius 1 is 1.11 bits per heavy atom. The number of benzene rings is 2. The molecule has 0 aromatic heterocycles. The molecule has 1 unspecified atom stereocenters. The van der Waals surface area contributed by atoms with Crippen LogP contribution >= 0.6 is 0 Å². The number of carboxylic acid groups (broad SMARTS) is 1. The van der Waals surface area contributed by atoms with Crippen LogP contribution in [0.5, 0.6) is 5.75 Å². The van der Waals surface area contributed by atoms with Crippen LogP contribution in [0, 0.1) is 0 Å². The highest BCUT2D eigenvalue weighted by Gasteiger charge is 2.18. The van der Waals surface area contributed by atoms with Crippen LogP contribution in [0.1, 0.15) is 13.3 Å². The molecule has 0 aliphatic heterocycles.